The quantitative estimate of drug-likeness (QED) is 0.762. The fourth-order valence-electron chi connectivity index (χ4n) is 2.84. The minimum absolute atomic E-state index is 0. The summed E-state index contributed by atoms with van der Waals surface area (Å²) in [6.07, 6.45) is 5.52. The molecule has 2 N–H and O–H groups in total. The molecule has 1 fully saturated rings. The minimum atomic E-state index is 0. The number of hydrogen-bond acceptors (Lipinski definition) is 5. The van der Waals surface area contributed by atoms with Crippen molar-refractivity contribution in [1.29, 1.82) is 0 Å². The van der Waals surface area contributed by atoms with Crippen molar-refractivity contribution in [3.05, 3.63) is 40.9 Å². The summed E-state index contributed by atoms with van der Waals surface area (Å²) in [6, 6.07) is 8.81. The van der Waals surface area contributed by atoms with E-state index in [1.165, 1.54) is 30.5 Å². The number of benzene rings is 1. The third-order valence-electron chi connectivity index (χ3n) is 4.25. The van der Waals surface area contributed by atoms with Crippen LogP contribution in [-0.2, 0) is 17.7 Å². The second kappa shape index (κ2) is 10.1. The van der Waals surface area contributed by atoms with Crippen molar-refractivity contribution in [3.8, 4) is 10.6 Å². The second-order valence-corrected chi connectivity index (χ2v) is 7.06. The highest BCUT2D eigenvalue weighted by atomic mass is 35.5. The smallest absolute Gasteiger partial charge is 0.123 e. The van der Waals surface area contributed by atoms with Gasteiger partial charge in [-0.1, -0.05) is 24.3 Å². The van der Waals surface area contributed by atoms with Crippen LogP contribution in [0.5, 0.6) is 0 Å². The molecule has 0 unspecified atom stereocenters. The Bertz CT molecular complexity index is 597. The molecule has 3 rings (SSSR count). The van der Waals surface area contributed by atoms with Crippen molar-refractivity contribution < 1.29 is 4.74 Å². The van der Waals surface area contributed by atoms with Crippen LogP contribution in [-0.4, -0.2) is 42.7 Å². The molecule has 24 heavy (non-hydrogen) atoms. The van der Waals surface area contributed by atoms with Gasteiger partial charge in [-0.15, -0.1) is 23.7 Å². The maximum atomic E-state index is 5.65. The number of morpholine rings is 1. The summed E-state index contributed by atoms with van der Waals surface area (Å²) in [6.45, 7) is 5.73. The molecule has 0 bridgehead atoms. The molecule has 1 aromatic heterocycles. The molecule has 0 amide bonds. The largest absolute Gasteiger partial charge is 0.379 e. The molecular formula is C18H26ClN3OS. The third-order valence-corrected chi connectivity index (χ3v) is 5.32. The van der Waals surface area contributed by atoms with E-state index in [1.807, 2.05) is 6.20 Å². The first-order chi connectivity index (χ1) is 11.3. The van der Waals surface area contributed by atoms with E-state index in [1.54, 1.807) is 11.3 Å². The number of ether oxygens (including phenoxy) is 1. The molecule has 132 valence electrons. The van der Waals surface area contributed by atoms with Crippen molar-refractivity contribution in [1.82, 2.24) is 9.88 Å². The maximum Gasteiger partial charge on any atom is 0.123 e. The number of halogens is 1. The number of unbranched alkanes of at least 4 members (excludes halogenated alkanes) is 1. The number of thiazole rings is 1. The molecule has 1 aliphatic rings. The van der Waals surface area contributed by atoms with Crippen molar-refractivity contribution in [2.75, 3.05) is 32.8 Å². The van der Waals surface area contributed by atoms with Gasteiger partial charge in [0, 0.05) is 36.3 Å². The molecule has 1 saturated heterocycles. The summed E-state index contributed by atoms with van der Waals surface area (Å²) in [5.41, 5.74) is 8.24. The molecule has 4 nitrogen and oxygen atoms in total. The van der Waals surface area contributed by atoms with Gasteiger partial charge in [0.2, 0.25) is 0 Å². The fraction of sp³-hybridized carbons (Fsp3) is 0.500. The number of nitrogens with two attached hydrogens (primary N) is 1. The van der Waals surface area contributed by atoms with Gasteiger partial charge in [-0.25, -0.2) is 4.98 Å². The van der Waals surface area contributed by atoms with Gasteiger partial charge < -0.3 is 10.5 Å². The van der Waals surface area contributed by atoms with Crippen molar-refractivity contribution in [2.24, 2.45) is 5.73 Å². The average molecular weight is 368 g/mol. The molecule has 2 heterocycles. The Kier molecular flexibility index (Phi) is 8.15. The average Bonchev–Trinajstić information content (AvgIpc) is 3.09. The highest BCUT2D eigenvalue weighted by Crippen LogP contribution is 2.25. The molecule has 0 spiro atoms. The van der Waals surface area contributed by atoms with Gasteiger partial charge in [0.05, 0.1) is 13.2 Å². The molecule has 1 aromatic carbocycles. The molecule has 2 aromatic rings. The topological polar surface area (TPSA) is 51.4 Å². The second-order valence-electron chi connectivity index (χ2n) is 5.94. The summed E-state index contributed by atoms with van der Waals surface area (Å²) in [4.78, 5) is 8.07. The van der Waals surface area contributed by atoms with E-state index in [2.05, 4.69) is 34.1 Å². The van der Waals surface area contributed by atoms with Crippen LogP contribution in [0.4, 0.5) is 0 Å². The summed E-state index contributed by atoms with van der Waals surface area (Å²) in [5.74, 6) is 0. The highest BCUT2D eigenvalue weighted by Gasteiger charge is 2.09. The van der Waals surface area contributed by atoms with E-state index in [9.17, 15) is 0 Å². The Hall–Kier alpha value is -0.980. The van der Waals surface area contributed by atoms with Crippen molar-refractivity contribution in [2.45, 2.75) is 25.8 Å². The first-order valence-corrected chi connectivity index (χ1v) is 9.21. The Balaban J connectivity index is 0.00000208. The highest BCUT2D eigenvalue weighted by molar-refractivity contribution is 7.15. The Morgan fingerprint density at radius 2 is 1.88 bits per heavy atom. The number of nitrogens with zero attached hydrogens (tertiary/aromatic N) is 2. The number of aromatic nitrogens is 1. The zero-order chi connectivity index (χ0) is 15.9. The number of aryl methyl sites for hydroxylation is 1. The van der Waals surface area contributed by atoms with E-state index in [4.69, 9.17) is 10.5 Å². The molecule has 0 aliphatic carbocycles. The summed E-state index contributed by atoms with van der Waals surface area (Å²) in [5, 5.41) is 1.06. The predicted molar refractivity (Wildman–Crippen MR) is 103 cm³/mol. The third kappa shape index (κ3) is 5.53. The van der Waals surface area contributed by atoms with Crippen LogP contribution >= 0.6 is 23.7 Å². The Morgan fingerprint density at radius 1 is 1.12 bits per heavy atom. The normalized spacial score (nSPS) is 15.2. The SMILES string of the molecule is Cl.NCc1cnc(-c2ccc(CCCCN3CCOCC3)cc2)s1. The standard InChI is InChI=1S/C18H25N3OS.ClH/c19-13-17-14-20-18(23-17)16-6-4-15(5-7-16)3-1-2-8-21-9-11-22-12-10-21;/h4-7,14H,1-3,8-13,19H2;1H. The van der Waals surface area contributed by atoms with Crippen LogP contribution in [0.25, 0.3) is 10.6 Å². The summed E-state index contributed by atoms with van der Waals surface area (Å²) < 4.78 is 5.38. The lowest BCUT2D eigenvalue weighted by Crippen LogP contribution is -2.36. The van der Waals surface area contributed by atoms with Gasteiger partial charge in [0.25, 0.3) is 0 Å². The predicted octanol–water partition coefficient (Wildman–Crippen LogP) is 3.35. The summed E-state index contributed by atoms with van der Waals surface area (Å²) >= 11 is 1.68. The fourth-order valence-corrected chi connectivity index (χ4v) is 3.64. The first kappa shape index (κ1) is 19.3. The van der Waals surface area contributed by atoms with E-state index in [-0.39, 0.29) is 12.4 Å². The lowest BCUT2D eigenvalue weighted by atomic mass is 10.1. The van der Waals surface area contributed by atoms with Crippen LogP contribution < -0.4 is 5.73 Å². The van der Waals surface area contributed by atoms with E-state index in [0.717, 1.165) is 42.6 Å². The van der Waals surface area contributed by atoms with Gasteiger partial charge in [0.15, 0.2) is 0 Å². The first-order valence-electron chi connectivity index (χ1n) is 8.39. The van der Waals surface area contributed by atoms with Crippen LogP contribution in [0.2, 0.25) is 0 Å². The molecule has 1 aliphatic heterocycles. The van der Waals surface area contributed by atoms with E-state index < -0.39 is 0 Å². The van der Waals surface area contributed by atoms with Gasteiger partial charge in [-0.05, 0) is 31.4 Å². The van der Waals surface area contributed by atoms with Gasteiger partial charge in [-0.2, -0.15) is 0 Å². The number of hydrogen-bond donors (Lipinski definition) is 1. The summed E-state index contributed by atoms with van der Waals surface area (Å²) in [7, 11) is 0. The molecule has 6 heteroatoms. The van der Waals surface area contributed by atoms with Crippen molar-refractivity contribution in [3.63, 3.8) is 0 Å². The van der Waals surface area contributed by atoms with Gasteiger partial charge in [-0.3, -0.25) is 4.90 Å². The Labute approximate surface area is 154 Å². The Morgan fingerprint density at radius 3 is 2.54 bits per heavy atom. The van der Waals surface area contributed by atoms with E-state index in [0.29, 0.717) is 6.54 Å². The van der Waals surface area contributed by atoms with Crippen LogP contribution in [0.1, 0.15) is 23.3 Å². The lowest BCUT2D eigenvalue weighted by Gasteiger charge is -2.26. The van der Waals surface area contributed by atoms with Crippen LogP contribution in [0.15, 0.2) is 30.5 Å². The van der Waals surface area contributed by atoms with Gasteiger partial charge in [0.1, 0.15) is 5.01 Å². The van der Waals surface area contributed by atoms with Crippen LogP contribution in [0.3, 0.4) is 0 Å². The van der Waals surface area contributed by atoms with E-state index >= 15 is 0 Å². The van der Waals surface area contributed by atoms with Crippen molar-refractivity contribution >= 4 is 23.7 Å². The zero-order valence-corrected chi connectivity index (χ0v) is 15.6. The number of rotatable bonds is 7. The molecule has 0 radical (unpaired) electrons. The van der Waals surface area contributed by atoms with Crippen LogP contribution in [0, 0.1) is 0 Å². The monoisotopic (exact) mass is 367 g/mol. The maximum absolute atomic E-state index is 5.65. The lowest BCUT2D eigenvalue weighted by molar-refractivity contribution is 0.0372. The minimum Gasteiger partial charge on any atom is -0.379 e. The zero-order valence-electron chi connectivity index (χ0n) is 13.9. The molecular weight excluding hydrogens is 342 g/mol. The molecule has 0 saturated carbocycles. The molecule has 0 atom stereocenters. The van der Waals surface area contributed by atoms with Gasteiger partial charge >= 0.3 is 0 Å².